The fraction of sp³-hybridized carbons (Fsp3) is 0.255. The molecule has 0 aliphatic carbocycles. The molecule has 4 aromatic carbocycles. The van der Waals surface area contributed by atoms with Crippen molar-refractivity contribution < 1.29 is 29.3 Å². The first-order valence-electron chi connectivity index (χ1n) is 22.6. The van der Waals surface area contributed by atoms with Crippen LogP contribution in [0, 0.1) is 11.8 Å². The van der Waals surface area contributed by atoms with Crippen LogP contribution in [0.2, 0.25) is 10.0 Å². The van der Waals surface area contributed by atoms with Gasteiger partial charge < -0.3 is 50.5 Å². The summed E-state index contributed by atoms with van der Waals surface area (Å²) >= 11 is 13.0. The fourth-order valence-corrected chi connectivity index (χ4v) is 9.33. The highest BCUT2D eigenvalue weighted by Crippen LogP contribution is 2.34. The Labute approximate surface area is 407 Å². The van der Waals surface area contributed by atoms with Crippen molar-refractivity contribution in [3.05, 3.63) is 154 Å². The molecule has 4 atom stereocenters. The second-order valence-corrected chi connectivity index (χ2v) is 17.9. The van der Waals surface area contributed by atoms with E-state index in [1.807, 2.05) is 67.7 Å². The number of aliphatic hydroxyl groups is 2. The Kier molecular flexibility index (Phi) is 14.7. The van der Waals surface area contributed by atoms with Crippen LogP contribution in [-0.4, -0.2) is 115 Å². The van der Waals surface area contributed by atoms with Crippen molar-refractivity contribution in [2.24, 2.45) is 11.8 Å². The Morgan fingerprint density at radius 3 is 1.61 bits per heavy atom. The van der Waals surface area contributed by atoms with Gasteiger partial charge in [0.25, 0.3) is 0 Å². The fourth-order valence-electron chi connectivity index (χ4n) is 8.81. The van der Waals surface area contributed by atoms with E-state index in [0.29, 0.717) is 114 Å². The highest BCUT2D eigenvalue weighted by molar-refractivity contribution is 6.36. The highest BCUT2D eigenvalue weighted by atomic mass is 35.5. The number of para-hydroxylation sites is 2. The topological polar surface area (TPSA) is 216 Å². The maximum atomic E-state index is 13.5. The van der Waals surface area contributed by atoms with Crippen LogP contribution < -0.4 is 25.4 Å². The number of aromatic amines is 2. The van der Waals surface area contributed by atoms with Crippen molar-refractivity contribution >= 4 is 68.5 Å². The van der Waals surface area contributed by atoms with Crippen LogP contribution in [0.4, 0.5) is 11.6 Å². The summed E-state index contributed by atoms with van der Waals surface area (Å²) in [5.41, 5.74) is 2.75. The summed E-state index contributed by atoms with van der Waals surface area (Å²) in [5, 5.41) is 30.8. The zero-order valence-electron chi connectivity index (χ0n) is 37.5. The summed E-state index contributed by atoms with van der Waals surface area (Å²) in [6.07, 6.45) is 7.99. The van der Waals surface area contributed by atoms with E-state index in [1.54, 1.807) is 48.8 Å². The van der Waals surface area contributed by atoms with Crippen LogP contribution in [0.25, 0.3) is 22.1 Å². The molecule has 0 saturated carbocycles. The number of ether oxygens (including phenoxy) is 2. The Morgan fingerprint density at radius 2 is 1.16 bits per heavy atom. The van der Waals surface area contributed by atoms with E-state index in [0.717, 1.165) is 25.9 Å². The molecular formula is C51H50Cl2N10O6. The number of anilines is 2. The number of likely N-dealkylation sites (N-methyl/N-ethyl adjacent to an activating group) is 1. The molecule has 2 aliphatic rings. The maximum absolute atomic E-state index is 13.5. The first-order chi connectivity index (χ1) is 33.6. The van der Waals surface area contributed by atoms with Gasteiger partial charge in [0.15, 0.2) is 11.6 Å². The molecular weight excluding hydrogens is 920 g/mol. The van der Waals surface area contributed by atoms with Gasteiger partial charge in [-0.05, 0) is 80.3 Å². The molecule has 4 aromatic heterocycles. The lowest BCUT2D eigenvalue weighted by Gasteiger charge is -2.15. The predicted octanol–water partition coefficient (Wildman–Crippen LogP) is 8.38. The van der Waals surface area contributed by atoms with Gasteiger partial charge in [-0.25, -0.2) is 19.9 Å². The smallest absolute Gasteiger partial charge is 0.196 e. The lowest BCUT2D eigenvalue weighted by atomic mass is 10.0. The standard InChI is InChI=1S/C26H26ClN5O3.C25H24ClN5O3/c1-32-13-16(9-17(32)14-33)11-28-25-23-21(12-29-26(23)31-15-30-25)24(34)20-8-7-19(10-22(20)27)35-18-5-3-2-4-6-18;26-21-9-18(34-17-4-2-1-3-5-17)6-7-19(21)23(33)20-12-29-25-22(20)24(30-14-31-25)28-11-15-8-16(13-32)27-10-15/h2-8,10,12,15-17,33H,9,11,13-14H2,1H3,(H2,28,29,30,31);1-7,9,12,14-16,27,32H,8,10-11,13H2,(H2,28,29,30,31)/t16-,17-;15-,16+/m01/s1. The van der Waals surface area contributed by atoms with E-state index in [-0.39, 0.29) is 36.9 Å². The van der Waals surface area contributed by atoms with E-state index in [1.165, 1.54) is 12.7 Å². The average molecular weight is 970 g/mol. The number of H-pyrrole nitrogens is 2. The number of rotatable bonds is 16. The summed E-state index contributed by atoms with van der Waals surface area (Å²) in [6, 6.07) is 29.1. The molecule has 2 aliphatic heterocycles. The number of nitrogens with one attached hydrogen (secondary N) is 5. The summed E-state index contributed by atoms with van der Waals surface area (Å²) in [4.78, 5) is 52.6. The zero-order valence-corrected chi connectivity index (χ0v) is 39.0. The van der Waals surface area contributed by atoms with Gasteiger partial charge in [0, 0.05) is 73.9 Å². The Hall–Kier alpha value is -6.92. The molecule has 0 spiro atoms. The van der Waals surface area contributed by atoms with Crippen molar-refractivity contribution in [3.63, 3.8) is 0 Å². The number of halogens is 2. The van der Waals surface area contributed by atoms with Gasteiger partial charge in [-0.2, -0.15) is 0 Å². The molecule has 10 rings (SSSR count). The van der Waals surface area contributed by atoms with E-state index in [2.05, 4.69) is 50.8 Å². The molecule has 18 heteroatoms. The van der Waals surface area contributed by atoms with Crippen LogP contribution in [-0.2, 0) is 0 Å². The third-order valence-corrected chi connectivity index (χ3v) is 13.0. The lowest BCUT2D eigenvalue weighted by molar-refractivity contribution is 0.103. The van der Waals surface area contributed by atoms with E-state index >= 15 is 0 Å². The number of hydrogen-bond donors (Lipinski definition) is 7. The minimum atomic E-state index is -0.233. The lowest BCUT2D eigenvalue weighted by Crippen LogP contribution is -2.28. The number of aliphatic hydroxyl groups excluding tert-OH is 2. The first-order valence-corrected chi connectivity index (χ1v) is 23.3. The number of nitrogens with zero attached hydrogens (tertiary/aromatic N) is 5. The Balaban J connectivity index is 0.000000172. The van der Waals surface area contributed by atoms with Crippen molar-refractivity contribution in [1.29, 1.82) is 0 Å². The summed E-state index contributed by atoms with van der Waals surface area (Å²) < 4.78 is 11.6. The van der Waals surface area contributed by atoms with Gasteiger partial charge in [-0.1, -0.05) is 59.6 Å². The molecule has 0 unspecified atom stereocenters. The Bertz CT molecular complexity index is 3060. The van der Waals surface area contributed by atoms with Crippen LogP contribution in [0.3, 0.4) is 0 Å². The van der Waals surface area contributed by atoms with E-state index in [9.17, 15) is 19.8 Å². The van der Waals surface area contributed by atoms with Crippen LogP contribution in [0.15, 0.2) is 122 Å². The van der Waals surface area contributed by atoms with Crippen LogP contribution >= 0.6 is 23.2 Å². The normalized spacial score (nSPS) is 17.9. The average Bonchev–Trinajstić information content (AvgIpc) is 4.20. The molecule has 2 saturated heterocycles. The summed E-state index contributed by atoms with van der Waals surface area (Å²) in [5.74, 6) is 3.90. The van der Waals surface area contributed by atoms with Gasteiger partial charge in [0.1, 0.15) is 58.6 Å². The van der Waals surface area contributed by atoms with Gasteiger partial charge >= 0.3 is 0 Å². The molecule has 16 nitrogen and oxygen atoms in total. The molecule has 8 aromatic rings. The van der Waals surface area contributed by atoms with Crippen LogP contribution in [0.5, 0.6) is 23.0 Å². The number of benzene rings is 4. The molecule has 0 amide bonds. The number of likely N-dealkylation sites (tertiary alicyclic amines) is 1. The van der Waals surface area contributed by atoms with Gasteiger partial charge in [-0.15, -0.1) is 0 Å². The molecule has 69 heavy (non-hydrogen) atoms. The number of hydrogen-bond acceptors (Lipinski definition) is 14. The quantitative estimate of drug-likeness (QED) is 0.0453. The third kappa shape index (κ3) is 10.9. The summed E-state index contributed by atoms with van der Waals surface area (Å²) in [7, 11) is 2.02. The van der Waals surface area contributed by atoms with E-state index < -0.39 is 0 Å². The van der Waals surface area contributed by atoms with Crippen molar-refractivity contribution in [2.45, 2.75) is 24.9 Å². The molecule has 7 N–H and O–H groups in total. The van der Waals surface area contributed by atoms with Gasteiger partial charge in [0.2, 0.25) is 0 Å². The molecule has 0 bridgehead atoms. The monoisotopic (exact) mass is 968 g/mol. The number of fused-ring (bicyclic) bond motifs is 2. The summed E-state index contributed by atoms with van der Waals surface area (Å²) in [6.45, 7) is 3.33. The van der Waals surface area contributed by atoms with Crippen LogP contribution in [0.1, 0.15) is 44.7 Å². The third-order valence-electron chi connectivity index (χ3n) is 12.4. The Morgan fingerprint density at radius 1 is 0.652 bits per heavy atom. The van der Waals surface area contributed by atoms with Crippen molar-refractivity contribution in [1.82, 2.24) is 40.1 Å². The molecule has 0 radical (unpaired) electrons. The first kappa shape index (κ1) is 47.2. The number of carbonyl (C=O) groups excluding carboxylic acids is 2. The predicted molar refractivity (Wildman–Crippen MR) is 266 cm³/mol. The number of aromatic nitrogens is 6. The molecule has 354 valence electrons. The second-order valence-electron chi connectivity index (χ2n) is 17.1. The van der Waals surface area contributed by atoms with Crippen molar-refractivity contribution in [2.75, 3.05) is 57.1 Å². The zero-order chi connectivity index (χ0) is 47.9. The highest BCUT2D eigenvalue weighted by Gasteiger charge is 2.30. The largest absolute Gasteiger partial charge is 0.457 e. The second kappa shape index (κ2) is 21.6. The maximum Gasteiger partial charge on any atom is 0.196 e. The minimum Gasteiger partial charge on any atom is -0.457 e. The van der Waals surface area contributed by atoms with Crippen molar-refractivity contribution in [3.8, 4) is 23.0 Å². The SMILES string of the molecule is CN1C[C@H](CNc2ncnc3[nH]cc(C(=O)c4ccc(Oc5ccccc5)cc4Cl)c23)C[C@H]1CO.O=C(c1ccc(Oc2ccccc2)cc1Cl)c1c[nH]c2ncnc(NC[C@H]3CN[C@H](CO)C3)c12. The van der Waals surface area contributed by atoms with Gasteiger partial charge in [-0.3, -0.25) is 9.59 Å². The van der Waals surface area contributed by atoms with E-state index in [4.69, 9.17) is 32.7 Å². The number of carbonyl (C=O) groups is 2. The minimum absolute atomic E-state index is 0.123. The number of ketones is 2. The van der Waals surface area contributed by atoms with Gasteiger partial charge in [0.05, 0.1) is 45.2 Å². The molecule has 2 fully saturated rings. The molecule has 6 heterocycles.